The molecule has 1 heterocycles. The number of hydrogen-bond acceptors (Lipinski definition) is 3. The molecule has 3 aromatic rings. The van der Waals surface area contributed by atoms with Crippen LogP contribution >= 0.6 is 0 Å². The Kier molecular flexibility index (Phi) is 3.74. The monoisotopic (exact) mass is 294 g/mol. The van der Waals surface area contributed by atoms with Gasteiger partial charge in [-0.15, -0.1) is 0 Å². The maximum Gasteiger partial charge on any atom is 0.306 e. The average Bonchev–Trinajstić information content (AvgIpc) is 2.53. The van der Waals surface area contributed by atoms with Gasteiger partial charge in [0, 0.05) is 16.4 Å². The van der Waals surface area contributed by atoms with E-state index in [0.29, 0.717) is 28.8 Å². The number of nitrogens with zero attached hydrogens (tertiary/aromatic N) is 1. The van der Waals surface area contributed by atoms with Gasteiger partial charge in [-0.05, 0) is 30.7 Å². The van der Waals surface area contributed by atoms with Crippen LogP contribution in [-0.2, 0) is 6.61 Å². The van der Waals surface area contributed by atoms with E-state index in [-0.39, 0.29) is 5.78 Å². The fourth-order valence-corrected chi connectivity index (χ4v) is 2.45. The Morgan fingerprint density at radius 1 is 1.09 bits per heavy atom. The largest absolute Gasteiger partial charge is 0.482 e. The molecule has 3 rings (SSSR count). The van der Waals surface area contributed by atoms with E-state index in [0.717, 1.165) is 10.3 Å². The van der Waals surface area contributed by atoms with Crippen molar-refractivity contribution in [3.05, 3.63) is 71.9 Å². The smallest absolute Gasteiger partial charge is 0.306 e. The minimum Gasteiger partial charge on any atom is -0.482 e. The van der Waals surface area contributed by atoms with Gasteiger partial charge in [0.05, 0.1) is 5.39 Å². The lowest BCUT2D eigenvalue weighted by molar-refractivity contribution is -0.884. The lowest BCUT2D eigenvalue weighted by Gasteiger charge is -2.08. The minimum absolute atomic E-state index is 0.0502. The molecule has 0 aliphatic rings. The second kappa shape index (κ2) is 5.85. The highest BCUT2D eigenvalue weighted by Gasteiger charge is 2.19. The molecule has 2 aromatic carbocycles. The van der Waals surface area contributed by atoms with E-state index in [1.54, 1.807) is 24.3 Å². The summed E-state index contributed by atoms with van der Waals surface area (Å²) in [6.07, 6.45) is 1.52. The van der Waals surface area contributed by atoms with E-state index < -0.39 is 0 Å². The molecule has 0 saturated heterocycles. The van der Waals surface area contributed by atoms with Crippen molar-refractivity contribution in [3.63, 3.8) is 0 Å². The second-order valence-electron chi connectivity index (χ2n) is 5.06. The molecular formula is C18H16NO3+. The van der Waals surface area contributed by atoms with E-state index >= 15 is 0 Å². The summed E-state index contributed by atoms with van der Waals surface area (Å²) in [5.74, 6) is 0.484. The number of hydrogen-bond donors (Lipinski definition) is 1. The molecule has 0 saturated carbocycles. The highest BCUT2D eigenvalue weighted by Crippen LogP contribution is 2.26. The Hall–Kier alpha value is -2.88. The van der Waals surface area contributed by atoms with Gasteiger partial charge in [0.15, 0.2) is 11.5 Å². The lowest BCUT2D eigenvalue weighted by Crippen LogP contribution is -2.30. The minimum atomic E-state index is -0.0502. The number of ether oxygens (including phenoxy) is 1. The Balaban J connectivity index is 2.03. The molecule has 0 aliphatic carbocycles. The fraction of sp³-hybridized carbons (Fsp3) is 0.111. The zero-order valence-corrected chi connectivity index (χ0v) is 12.2. The number of carbonyl (C=O) groups excluding carboxylic acids is 1. The summed E-state index contributed by atoms with van der Waals surface area (Å²) in [4.78, 5) is 11.7. The number of fused-ring (bicyclic) bond motifs is 1. The molecule has 0 radical (unpaired) electrons. The molecule has 0 bridgehead atoms. The fourth-order valence-electron chi connectivity index (χ4n) is 2.45. The number of aromatic nitrogens is 1. The summed E-state index contributed by atoms with van der Waals surface area (Å²) in [6, 6.07) is 16.7. The molecule has 0 spiro atoms. The molecule has 0 amide bonds. The van der Waals surface area contributed by atoms with Crippen molar-refractivity contribution in [2.75, 3.05) is 0 Å². The molecule has 0 fully saturated rings. The summed E-state index contributed by atoms with van der Waals surface area (Å²) in [6.45, 7) is 1.90. The molecule has 22 heavy (non-hydrogen) atoms. The number of ketones is 1. The maximum atomic E-state index is 11.7. The molecule has 0 aliphatic heterocycles. The number of benzene rings is 2. The highest BCUT2D eigenvalue weighted by atomic mass is 16.5. The van der Waals surface area contributed by atoms with Gasteiger partial charge in [0.1, 0.15) is 6.61 Å². The zero-order valence-electron chi connectivity index (χ0n) is 12.2. The van der Waals surface area contributed by atoms with Crippen LogP contribution in [0.2, 0.25) is 0 Å². The SMILES string of the molecule is CC(=O)c1ccc(OCc2ccccc2)c2c1ccc[n+]2O. The van der Waals surface area contributed by atoms with Gasteiger partial charge in [0.25, 0.3) is 0 Å². The van der Waals surface area contributed by atoms with Crippen LogP contribution in [0, 0.1) is 0 Å². The predicted octanol–water partition coefficient (Wildman–Crippen LogP) is 3.15. The van der Waals surface area contributed by atoms with Crippen molar-refractivity contribution >= 4 is 16.7 Å². The Morgan fingerprint density at radius 3 is 2.59 bits per heavy atom. The van der Waals surface area contributed by atoms with E-state index in [9.17, 15) is 10.0 Å². The third-order valence-electron chi connectivity index (χ3n) is 3.52. The molecule has 0 unspecified atom stereocenters. The standard InChI is InChI=1S/C18H16NO3/c1-13(20)15-9-10-17(18-16(15)8-5-11-19(18)21)22-12-14-6-3-2-4-7-14/h2-11,21H,12H2,1H3/q+1. The summed E-state index contributed by atoms with van der Waals surface area (Å²) >= 11 is 0. The molecule has 1 N–H and O–H groups in total. The second-order valence-corrected chi connectivity index (χ2v) is 5.06. The van der Waals surface area contributed by atoms with E-state index in [1.165, 1.54) is 13.1 Å². The first-order valence-electron chi connectivity index (χ1n) is 7.01. The van der Waals surface area contributed by atoms with Crippen molar-refractivity contribution in [1.82, 2.24) is 0 Å². The van der Waals surface area contributed by atoms with Crippen molar-refractivity contribution in [1.29, 1.82) is 0 Å². The van der Waals surface area contributed by atoms with Crippen LogP contribution in [-0.4, -0.2) is 11.0 Å². The van der Waals surface area contributed by atoms with Crippen molar-refractivity contribution in [3.8, 4) is 5.75 Å². The van der Waals surface area contributed by atoms with Crippen LogP contribution in [0.25, 0.3) is 10.9 Å². The first-order valence-corrected chi connectivity index (χ1v) is 7.01. The lowest BCUT2D eigenvalue weighted by atomic mass is 10.0. The van der Waals surface area contributed by atoms with Gasteiger partial charge in [-0.1, -0.05) is 30.3 Å². The molecule has 110 valence electrons. The van der Waals surface area contributed by atoms with Gasteiger partial charge in [0.2, 0.25) is 6.20 Å². The number of Topliss-reactive ketones (excluding diaryl/α,β-unsaturated/α-hetero) is 1. The molecule has 4 nitrogen and oxygen atoms in total. The normalized spacial score (nSPS) is 10.6. The molecular weight excluding hydrogens is 278 g/mol. The van der Waals surface area contributed by atoms with Crippen LogP contribution in [0.4, 0.5) is 0 Å². The van der Waals surface area contributed by atoms with E-state index in [2.05, 4.69) is 0 Å². The topological polar surface area (TPSA) is 50.4 Å². The highest BCUT2D eigenvalue weighted by molar-refractivity contribution is 6.06. The quantitative estimate of drug-likeness (QED) is 0.457. The summed E-state index contributed by atoms with van der Waals surface area (Å²) in [5, 5.41) is 10.8. The average molecular weight is 294 g/mol. The van der Waals surface area contributed by atoms with Gasteiger partial charge in [-0.3, -0.25) is 10.0 Å². The third-order valence-corrected chi connectivity index (χ3v) is 3.52. The molecule has 1 aromatic heterocycles. The van der Waals surface area contributed by atoms with E-state index in [1.807, 2.05) is 30.3 Å². The summed E-state index contributed by atoms with van der Waals surface area (Å²) in [5.41, 5.74) is 2.09. The summed E-state index contributed by atoms with van der Waals surface area (Å²) < 4.78 is 6.82. The van der Waals surface area contributed by atoms with Crippen LogP contribution in [0.15, 0.2) is 60.8 Å². The van der Waals surface area contributed by atoms with Crippen molar-refractivity contribution < 1.29 is 19.5 Å². The van der Waals surface area contributed by atoms with Crippen molar-refractivity contribution in [2.24, 2.45) is 0 Å². The van der Waals surface area contributed by atoms with Gasteiger partial charge in [-0.2, -0.15) is 0 Å². The van der Waals surface area contributed by atoms with Crippen LogP contribution in [0.1, 0.15) is 22.8 Å². The molecule has 0 atom stereocenters. The number of carbonyl (C=O) groups is 1. The number of pyridine rings is 1. The zero-order chi connectivity index (χ0) is 15.5. The summed E-state index contributed by atoms with van der Waals surface area (Å²) in [7, 11) is 0. The van der Waals surface area contributed by atoms with Gasteiger partial charge in [-0.25, -0.2) is 0 Å². The predicted molar refractivity (Wildman–Crippen MR) is 82.1 cm³/mol. The first kappa shape index (κ1) is 14.1. The first-order chi connectivity index (χ1) is 10.7. The Morgan fingerprint density at radius 2 is 1.86 bits per heavy atom. The van der Waals surface area contributed by atoms with Gasteiger partial charge >= 0.3 is 5.52 Å². The van der Waals surface area contributed by atoms with E-state index in [4.69, 9.17) is 4.74 Å². The number of rotatable bonds is 4. The maximum absolute atomic E-state index is 11.7. The molecule has 4 heteroatoms. The van der Waals surface area contributed by atoms with Crippen LogP contribution in [0.3, 0.4) is 0 Å². The Labute approximate surface area is 128 Å². The van der Waals surface area contributed by atoms with Gasteiger partial charge < -0.3 is 4.74 Å². The van der Waals surface area contributed by atoms with Crippen LogP contribution < -0.4 is 9.47 Å². The third kappa shape index (κ3) is 2.63. The van der Waals surface area contributed by atoms with Crippen LogP contribution in [0.5, 0.6) is 5.75 Å². The Bertz CT molecular complexity index is 828. The van der Waals surface area contributed by atoms with Crippen molar-refractivity contribution in [2.45, 2.75) is 13.5 Å².